The summed E-state index contributed by atoms with van der Waals surface area (Å²) >= 11 is 0. The lowest BCUT2D eigenvalue weighted by Crippen LogP contribution is -2.42. The smallest absolute Gasteiger partial charge is 0.220 e. The van der Waals surface area contributed by atoms with Crippen molar-refractivity contribution in [3.05, 3.63) is 0 Å². The summed E-state index contributed by atoms with van der Waals surface area (Å²) in [5.74, 6) is 1.52. The maximum atomic E-state index is 12.0. The molecule has 3 heteroatoms. The van der Waals surface area contributed by atoms with Crippen LogP contribution in [0.5, 0.6) is 0 Å². The lowest BCUT2D eigenvalue weighted by atomic mass is 9.96. The van der Waals surface area contributed by atoms with Crippen LogP contribution in [-0.4, -0.2) is 18.5 Å². The zero-order chi connectivity index (χ0) is 12.1. The number of carbonyl (C=O) groups is 1. The van der Waals surface area contributed by atoms with Crippen LogP contribution in [0, 0.1) is 11.8 Å². The van der Waals surface area contributed by atoms with Gasteiger partial charge in [0, 0.05) is 19.0 Å². The van der Waals surface area contributed by atoms with Gasteiger partial charge >= 0.3 is 0 Å². The molecule has 0 radical (unpaired) electrons. The summed E-state index contributed by atoms with van der Waals surface area (Å²) in [6, 6.07) is 0.244. The molecule has 1 amide bonds. The minimum Gasteiger partial charge on any atom is -0.352 e. The van der Waals surface area contributed by atoms with Crippen LogP contribution in [0.25, 0.3) is 0 Å². The van der Waals surface area contributed by atoms with E-state index in [0.29, 0.717) is 18.4 Å². The van der Waals surface area contributed by atoms with Gasteiger partial charge < -0.3 is 11.1 Å². The van der Waals surface area contributed by atoms with Crippen LogP contribution in [0.1, 0.15) is 57.8 Å². The van der Waals surface area contributed by atoms with E-state index in [1.807, 2.05) is 0 Å². The second-order valence-electron chi connectivity index (χ2n) is 5.81. The highest BCUT2D eigenvalue weighted by atomic mass is 16.1. The SMILES string of the molecule is NCC(NC(=O)CC1CCCCCC1)C1CC1. The van der Waals surface area contributed by atoms with Gasteiger partial charge in [0.1, 0.15) is 0 Å². The Morgan fingerprint density at radius 3 is 2.29 bits per heavy atom. The lowest BCUT2D eigenvalue weighted by molar-refractivity contribution is -0.122. The van der Waals surface area contributed by atoms with Crippen LogP contribution in [-0.2, 0) is 4.79 Å². The standard InChI is InChI=1S/C14H26N2O/c15-10-13(12-7-8-12)16-14(17)9-11-5-3-1-2-4-6-11/h11-13H,1-10,15H2,(H,16,17). The Bertz CT molecular complexity index is 243. The normalized spacial score (nSPS) is 24.1. The van der Waals surface area contributed by atoms with Crippen LogP contribution in [0.2, 0.25) is 0 Å². The Kier molecular flexibility index (Phi) is 4.84. The molecule has 2 aliphatic carbocycles. The number of hydrogen-bond donors (Lipinski definition) is 2. The maximum Gasteiger partial charge on any atom is 0.220 e. The van der Waals surface area contributed by atoms with Crippen molar-refractivity contribution in [3.63, 3.8) is 0 Å². The highest BCUT2D eigenvalue weighted by Crippen LogP contribution is 2.32. The molecule has 2 saturated carbocycles. The molecule has 0 heterocycles. The van der Waals surface area contributed by atoms with E-state index < -0.39 is 0 Å². The first-order valence-corrected chi connectivity index (χ1v) is 7.29. The minimum atomic E-state index is 0.235. The van der Waals surface area contributed by atoms with Crippen molar-refractivity contribution in [3.8, 4) is 0 Å². The van der Waals surface area contributed by atoms with Gasteiger partial charge in [0.2, 0.25) is 5.91 Å². The Morgan fingerprint density at radius 2 is 1.76 bits per heavy atom. The van der Waals surface area contributed by atoms with E-state index in [9.17, 15) is 4.79 Å². The Morgan fingerprint density at radius 1 is 1.12 bits per heavy atom. The largest absolute Gasteiger partial charge is 0.352 e. The van der Waals surface area contributed by atoms with Crippen molar-refractivity contribution in [1.29, 1.82) is 0 Å². The monoisotopic (exact) mass is 238 g/mol. The number of rotatable bonds is 5. The molecule has 0 aliphatic heterocycles. The zero-order valence-corrected chi connectivity index (χ0v) is 10.8. The van der Waals surface area contributed by atoms with Crippen LogP contribution < -0.4 is 11.1 Å². The molecule has 0 aromatic carbocycles. The van der Waals surface area contributed by atoms with Crippen LogP contribution in [0.3, 0.4) is 0 Å². The van der Waals surface area contributed by atoms with Gasteiger partial charge in [-0.3, -0.25) is 4.79 Å². The van der Waals surface area contributed by atoms with Gasteiger partial charge in [0.05, 0.1) is 0 Å². The molecule has 98 valence electrons. The molecule has 0 aromatic heterocycles. The Labute approximate surface area is 105 Å². The van der Waals surface area contributed by atoms with E-state index in [2.05, 4.69) is 5.32 Å². The first kappa shape index (κ1) is 12.9. The average Bonchev–Trinajstić information content (AvgIpc) is 3.13. The summed E-state index contributed by atoms with van der Waals surface area (Å²) in [6.07, 6.45) is 11.0. The summed E-state index contributed by atoms with van der Waals surface area (Å²) in [7, 11) is 0. The molecule has 3 N–H and O–H groups in total. The highest BCUT2D eigenvalue weighted by Gasteiger charge is 2.31. The van der Waals surface area contributed by atoms with Crippen LogP contribution in [0.15, 0.2) is 0 Å². The summed E-state index contributed by atoms with van der Waals surface area (Å²) in [4.78, 5) is 12.0. The van der Waals surface area contributed by atoms with Gasteiger partial charge in [0.25, 0.3) is 0 Å². The summed E-state index contributed by atoms with van der Waals surface area (Å²) < 4.78 is 0. The Balaban J connectivity index is 1.71. The molecule has 0 bridgehead atoms. The number of hydrogen-bond acceptors (Lipinski definition) is 2. The molecule has 0 saturated heterocycles. The van der Waals surface area contributed by atoms with Gasteiger partial charge in [-0.1, -0.05) is 25.7 Å². The van der Waals surface area contributed by atoms with Gasteiger partial charge in [0.15, 0.2) is 0 Å². The van der Waals surface area contributed by atoms with E-state index in [-0.39, 0.29) is 11.9 Å². The average molecular weight is 238 g/mol. The van der Waals surface area contributed by atoms with Crippen molar-refractivity contribution in [2.75, 3.05) is 6.54 Å². The second kappa shape index (κ2) is 6.39. The van der Waals surface area contributed by atoms with E-state index in [1.165, 1.54) is 51.4 Å². The predicted molar refractivity (Wildman–Crippen MR) is 69.5 cm³/mol. The summed E-state index contributed by atoms with van der Waals surface area (Å²) in [5.41, 5.74) is 5.71. The Hall–Kier alpha value is -0.570. The van der Waals surface area contributed by atoms with Crippen LogP contribution >= 0.6 is 0 Å². The first-order valence-electron chi connectivity index (χ1n) is 7.29. The van der Waals surface area contributed by atoms with E-state index in [4.69, 9.17) is 5.73 Å². The van der Waals surface area contributed by atoms with Crippen molar-refractivity contribution in [2.24, 2.45) is 17.6 Å². The van der Waals surface area contributed by atoms with Gasteiger partial charge in [-0.25, -0.2) is 0 Å². The first-order chi connectivity index (χ1) is 8.29. The maximum absolute atomic E-state index is 12.0. The number of amides is 1. The fourth-order valence-electron chi connectivity index (χ4n) is 2.96. The van der Waals surface area contributed by atoms with E-state index >= 15 is 0 Å². The third-order valence-corrected chi connectivity index (χ3v) is 4.24. The molecule has 1 atom stereocenters. The number of carbonyl (C=O) groups excluding carboxylic acids is 1. The van der Waals surface area contributed by atoms with Crippen molar-refractivity contribution < 1.29 is 4.79 Å². The fourth-order valence-corrected chi connectivity index (χ4v) is 2.96. The number of nitrogens with one attached hydrogen (secondary N) is 1. The van der Waals surface area contributed by atoms with Gasteiger partial charge in [-0.2, -0.15) is 0 Å². The predicted octanol–water partition coefficient (Wildman–Crippen LogP) is 2.20. The van der Waals surface area contributed by atoms with Crippen molar-refractivity contribution in [1.82, 2.24) is 5.32 Å². The molecule has 17 heavy (non-hydrogen) atoms. The third-order valence-electron chi connectivity index (χ3n) is 4.24. The fraction of sp³-hybridized carbons (Fsp3) is 0.929. The van der Waals surface area contributed by atoms with Crippen molar-refractivity contribution >= 4 is 5.91 Å². The minimum absolute atomic E-state index is 0.235. The molecule has 2 fully saturated rings. The van der Waals surface area contributed by atoms with Crippen LogP contribution in [0.4, 0.5) is 0 Å². The molecule has 0 spiro atoms. The molecule has 1 unspecified atom stereocenters. The second-order valence-corrected chi connectivity index (χ2v) is 5.81. The van der Waals surface area contributed by atoms with Crippen molar-refractivity contribution in [2.45, 2.75) is 63.8 Å². The molecule has 2 aliphatic rings. The van der Waals surface area contributed by atoms with Gasteiger partial charge in [-0.15, -0.1) is 0 Å². The van der Waals surface area contributed by atoms with Gasteiger partial charge in [-0.05, 0) is 37.5 Å². The zero-order valence-electron chi connectivity index (χ0n) is 10.8. The lowest BCUT2D eigenvalue weighted by Gasteiger charge is -2.19. The topological polar surface area (TPSA) is 55.1 Å². The summed E-state index contributed by atoms with van der Waals surface area (Å²) in [6.45, 7) is 0.598. The quantitative estimate of drug-likeness (QED) is 0.721. The molecular weight excluding hydrogens is 212 g/mol. The highest BCUT2D eigenvalue weighted by molar-refractivity contribution is 5.76. The number of nitrogens with two attached hydrogens (primary N) is 1. The molecule has 3 nitrogen and oxygen atoms in total. The molecule has 2 rings (SSSR count). The summed E-state index contributed by atoms with van der Waals surface area (Å²) in [5, 5.41) is 3.13. The third kappa shape index (κ3) is 4.30. The van der Waals surface area contributed by atoms with E-state index in [0.717, 1.165) is 6.42 Å². The molecule has 0 aromatic rings. The molecular formula is C14H26N2O. The van der Waals surface area contributed by atoms with E-state index in [1.54, 1.807) is 0 Å².